The van der Waals surface area contributed by atoms with Crippen LogP contribution in [0.5, 0.6) is 0 Å². The van der Waals surface area contributed by atoms with Crippen molar-refractivity contribution in [3.05, 3.63) is 24.0 Å². The second-order valence-corrected chi connectivity index (χ2v) is 4.47. The van der Waals surface area contributed by atoms with Crippen molar-refractivity contribution >= 4 is 5.78 Å². The standard InChI is InChI=1S/C11H17N7O/c1-8(2)18-11(13-7-14-18)5-10(19)9-6-17(4-3-12)16-15-9/h6-8H,3-5,12H2,1-2H3. The number of hydrogen-bond acceptors (Lipinski definition) is 6. The molecule has 0 unspecified atom stereocenters. The number of aromatic nitrogens is 6. The van der Waals surface area contributed by atoms with E-state index >= 15 is 0 Å². The summed E-state index contributed by atoms with van der Waals surface area (Å²) in [5, 5.41) is 11.8. The summed E-state index contributed by atoms with van der Waals surface area (Å²) in [5.74, 6) is 0.506. The normalized spacial score (nSPS) is 11.2. The zero-order valence-electron chi connectivity index (χ0n) is 11.0. The molecule has 0 amide bonds. The smallest absolute Gasteiger partial charge is 0.192 e. The van der Waals surface area contributed by atoms with Crippen LogP contribution >= 0.6 is 0 Å². The second-order valence-electron chi connectivity index (χ2n) is 4.47. The summed E-state index contributed by atoms with van der Waals surface area (Å²) in [6.07, 6.45) is 3.22. The Hall–Kier alpha value is -2.09. The van der Waals surface area contributed by atoms with Crippen molar-refractivity contribution in [3.8, 4) is 0 Å². The van der Waals surface area contributed by atoms with Crippen LogP contribution in [0, 0.1) is 0 Å². The van der Waals surface area contributed by atoms with Crippen LogP contribution in [0.3, 0.4) is 0 Å². The van der Waals surface area contributed by atoms with Crippen molar-refractivity contribution in [1.82, 2.24) is 29.8 Å². The fraction of sp³-hybridized carbons (Fsp3) is 0.545. The summed E-state index contributed by atoms with van der Waals surface area (Å²) < 4.78 is 3.28. The summed E-state index contributed by atoms with van der Waals surface area (Å²) in [5.41, 5.74) is 5.74. The molecule has 2 N–H and O–H groups in total. The lowest BCUT2D eigenvalue weighted by molar-refractivity contribution is 0.0984. The van der Waals surface area contributed by atoms with Crippen molar-refractivity contribution in [3.63, 3.8) is 0 Å². The van der Waals surface area contributed by atoms with Crippen molar-refractivity contribution in [2.24, 2.45) is 5.73 Å². The Labute approximate surface area is 110 Å². The Balaban J connectivity index is 2.09. The summed E-state index contributed by atoms with van der Waals surface area (Å²) in [4.78, 5) is 16.2. The third-order valence-corrected chi connectivity index (χ3v) is 2.64. The van der Waals surface area contributed by atoms with E-state index in [2.05, 4.69) is 20.4 Å². The van der Waals surface area contributed by atoms with Crippen LogP contribution in [0.1, 0.15) is 36.2 Å². The van der Waals surface area contributed by atoms with Crippen LogP contribution in [0.25, 0.3) is 0 Å². The van der Waals surface area contributed by atoms with Crippen LogP contribution in [0.2, 0.25) is 0 Å². The molecule has 0 fully saturated rings. The number of nitrogens with zero attached hydrogens (tertiary/aromatic N) is 6. The number of carbonyl (C=O) groups excluding carboxylic acids is 1. The molecule has 102 valence electrons. The maximum Gasteiger partial charge on any atom is 0.192 e. The quantitative estimate of drug-likeness (QED) is 0.726. The Morgan fingerprint density at radius 3 is 2.95 bits per heavy atom. The molecule has 2 aromatic rings. The Kier molecular flexibility index (Phi) is 4.00. The predicted molar refractivity (Wildman–Crippen MR) is 67.5 cm³/mol. The Bertz CT molecular complexity index is 557. The first-order chi connectivity index (χ1) is 9.11. The number of rotatable bonds is 6. The molecule has 2 heterocycles. The largest absolute Gasteiger partial charge is 0.329 e. The van der Waals surface area contributed by atoms with Crippen molar-refractivity contribution in [2.75, 3.05) is 6.54 Å². The van der Waals surface area contributed by atoms with Gasteiger partial charge in [0.2, 0.25) is 0 Å². The Morgan fingerprint density at radius 1 is 1.47 bits per heavy atom. The highest BCUT2D eigenvalue weighted by Gasteiger charge is 2.16. The maximum absolute atomic E-state index is 12.1. The number of nitrogens with two attached hydrogens (primary N) is 1. The van der Waals surface area contributed by atoms with Gasteiger partial charge >= 0.3 is 0 Å². The molecule has 8 nitrogen and oxygen atoms in total. The van der Waals surface area contributed by atoms with Gasteiger partial charge in [0.15, 0.2) is 5.78 Å². The van der Waals surface area contributed by atoms with Crippen LogP contribution in [-0.4, -0.2) is 42.1 Å². The van der Waals surface area contributed by atoms with Crippen LogP contribution in [0.4, 0.5) is 0 Å². The monoisotopic (exact) mass is 263 g/mol. The minimum Gasteiger partial charge on any atom is -0.329 e. The SMILES string of the molecule is CC(C)n1ncnc1CC(=O)c1cn(CCN)nn1. The first kappa shape index (κ1) is 13.3. The molecule has 0 aromatic carbocycles. The molecule has 8 heteroatoms. The average molecular weight is 263 g/mol. The third-order valence-electron chi connectivity index (χ3n) is 2.64. The van der Waals surface area contributed by atoms with Gasteiger partial charge in [-0.25, -0.2) is 9.67 Å². The zero-order chi connectivity index (χ0) is 13.8. The van der Waals surface area contributed by atoms with Gasteiger partial charge in [0, 0.05) is 12.6 Å². The van der Waals surface area contributed by atoms with Crippen molar-refractivity contribution in [1.29, 1.82) is 0 Å². The predicted octanol–water partition coefficient (Wildman–Crippen LogP) is -0.165. The first-order valence-electron chi connectivity index (χ1n) is 6.13. The van der Waals surface area contributed by atoms with Gasteiger partial charge in [0.1, 0.15) is 17.8 Å². The van der Waals surface area contributed by atoms with E-state index in [1.165, 1.54) is 6.33 Å². The second kappa shape index (κ2) is 5.70. The highest BCUT2D eigenvalue weighted by atomic mass is 16.1. The summed E-state index contributed by atoms with van der Waals surface area (Å²) in [6, 6.07) is 0.165. The fourth-order valence-electron chi connectivity index (χ4n) is 1.73. The molecule has 0 bridgehead atoms. The van der Waals surface area contributed by atoms with E-state index in [0.717, 1.165) is 0 Å². The van der Waals surface area contributed by atoms with E-state index in [1.54, 1.807) is 15.6 Å². The Morgan fingerprint density at radius 2 is 2.26 bits per heavy atom. The maximum atomic E-state index is 12.1. The van der Waals surface area contributed by atoms with Gasteiger partial charge in [-0.05, 0) is 13.8 Å². The molecular formula is C11H17N7O. The lowest BCUT2D eigenvalue weighted by Gasteiger charge is -2.07. The van der Waals surface area contributed by atoms with Crippen LogP contribution in [0.15, 0.2) is 12.5 Å². The van der Waals surface area contributed by atoms with E-state index in [4.69, 9.17) is 5.73 Å². The topological polar surface area (TPSA) is 105 Å². The first-order valence-corrected chi connectivity index (χ1v) is 6.13. The molecule has 0 atom stereocenters. The molecule has 0 aliphatic carbocycles. The zero-order valence-corrected chi connectivity index (χ0v) is 11.0. The van der Waals surface area contributed by atoms with Gasteiger partial charge in [-0.15, -0.1) is 5.10 Å². The molecule has 0 saturated carbocycles. The number of carbonyl (C=O) groups is 1. The molecular weight excluding hydrogens is 246 g/mol. The molecule has 0 aliphatic heterocycles. The van der Waals surface area contributed by atoms with Crippen LogP contribution < -0.4 is 5.73 Å². The third kappa shape index (κ3) is 3.02. The summed E-state index contributed by atoms with van der Waals surface area (Å²) in [6.45, 7) is 4.97. The number of hydrogen-bond donors (Lipinski definition) is 1. The highest BCUT2D eigenvalue weighted by molar-refractivity contribution is 5.94. The summed E-state index contributed by atoms with van der Waals surface area (Å²) >= 11 is 0. The van der Waals surface area contributed by atoms with E-state index < -0.39 is 0 Å². The van der Waals surface area contributed by atoms with Gasteiger partial charge in [0.25, 0.3) is 0 Å². The molecule has 0 spiro atoms. The molecule has 2 aromatic heterocycles. The van der Waals surface area contributed by atoms with Crippen LogP contribution in [-0.2, 0) is 13.0 Å². The van der Waals surface area contributed by atoms with Crippen molar-refractivity contribution in [2.45, 2.75) is 32.9 Å². The fourth-order valence-corrected chi connectivity index (χ4v) is 1.73. The average Bonchev–Trinajstić information content (AvgIpc) is 2.98. The molecule has 19 heavy (non-hydrogen) atoms. The lowest BCUT2D eigenvalue weighted by Crippen LogP contribution is -2.13. The van der Waals surface area contributed by atoms with E-state index in [9.17, 15) is 4.79 Å². The molecule has 2 rings (SSSR count). The molecule has 0 aliphatic rings. The molecule has 0 saturated heterocycles. The van der Waals surface area contributed by atoms with Crippen molar-refractivity contribution < 1.29 is 4.79 Å². The lowest BCUT2D eigenvalue weighted by atomic mass is 10.2. The number of Topliss-reactive ketones (excluding diaryl/α,β-unsaturated/α-hetero) is 1. The molecule has 0 radical (unpaired) electrons. The van der Waals surface area contributed by atoms with E-state index in [0.29, 0.717) is 24.6 Å². The van der Waals surface area contributed by atoms with E-state index in [-0.39, 0.29) is 18.2 Å². The highest BCUT2D eigenvalue weighted by Crippen LogP contribution is 2.08. The number of ketones is 1. The van der Waals surface area contributed by atoms with Gasteiger partial charge < -0.3 is 5.73 Å². The minimum atomic E-state index is -0.127. The summed E-state index contributed by atoms with van der Waals surface area (Å²) in [7, 11) is 0. The van der Waals surface area contributed by atoms with Gasteiger partial charge in [-0.3, -0.25) is 9.48 Å². The van der Waals surface area contributed by atoms with Gasteiger partial charge in [-0.1, -0.05) is 5.21 Å². The van der Waals surface area contributed by atoms with E-state index in [1.807, 2.05) is 13.8 Å². The minimum absolute atomic E-state index is 0.127. The van der Waals surface area contributed by atoms with Gasteiger partial charge in [-0.2, -0.15) is 5.10 Å². The van der Waals surface area contributed by atoms with Gasteiger partial charge in [0.05, 0.1) is 19.2 Å².